The summed E-state index contributed by atoms with van der Waals surface area (Å²) in [4.78, 5) is 13.4. The van der Waals surface area contributed by atoms with Crippen molar-refractivity contribution in [3.63, 3.8) is 0 Å². The second kappa shape index (κ2) is 6.10. The Morgan fingerprint density at radius 2 is 2.18 bits per heavy atom. The van der Waals surface area contributed by atoms with Crippen molar-refractivity contribution < 1.29 is 19.1 Å². The van der Waals surface area contributed by atoms with Crippen molar-refractivity contribution >= 4 is 11.8 Å². The number of nitrogen functional groups attached to an aromatic ring is 1. The molecule has 0 aromatic carbocycles. The summed E-state index contributed by atoms with van der Waals surface area (Å²) in [6.07, 6.45) is 2.33. The zero-order chi connectivity index (χ0) is 15.5. The third-order valence-electron chi connectivity index (χ3n) is 3.66. The SMILES string of the molecule is CCOC(=O)c1nnn(-c2nonc2N)c1C[NH+]1CCCC1. The van der Waals surface area contributed by atoms with Crippen molar-refractivity contribution in [2.24, 2.45) is 0 Å². The van der Waals surface area contributed by atoms with Gasteiger partial charge in [0.05, 0.1) is 19.7 Å². The molecule has 3 rings (SSSR count). The van der Waals surface area contributed by atoms with E-state index >= 15 is 0 Å². The molecule has 0 spiro atoms. The number of carbonyl (C=O) groups excluding carboxylic acids is 1. The summed E-state index contributed by atoms with van der Waals surface area (Å²) in [5, 5.41) is 15.2. The first-order valence-electron chi connectivity index (χ1n) is 7.24. The minimum absolute atomic E-state index is 0.0954. The monoisotopic (exact) mass is 308 g/mol. The van der Waals surface area contributed by atoms with Gasteiger partial charge in [-0.15, -0.1) is 5.10 Å². The van der Waals surface area contributed by atoms with Crippen molar-refractivity contribution in [1.29, 1.82) is 0 Å². The number of quaternary nitrogens is 1. The van der Waals surface area contributed by atoms with Crippen molar-refractivity contribution in [2.75, 3.05) is 25.4 Å². The van der Waals surface area contributed by atoms with Gasteiger partial charge in [0.15, 0.2) is 5.69 Å². The minimum atomic E-state index is -0.502. The molecule has 3 N–H and O–H groups in total. The maximum absolute atomic E-state index is 12.1. The zero-order valence-corrected chi connectivity index (χ0v) is 12.3. The van der Waals surface area contributed by atoms with Crippen LogP contribution in [0.25, 0.3) is 5.82 Å². The number of hydrogen-bond donors (Lipinski definition) is 2. The summed E-state index contributed by atoms with van der Waals surface area (Å²) in [6, 6.07) is 0. The molecule has 0 saturated carbocycles. The molecule has 22 heavy (non-hydrogen) atoms. The number of nitrogens with zero attached hydrogens (tertiary/aromatic N) is 5. The maximum Gasteiger partial charge on any atom is 0.361 e. The molecule has 0 unspecified atom stereocenters. The number of hydrogen-bond acceptors (Lipinski definition) is 8. The Bertz CT molecular complexity index is 659. The van der Waals surface area contributed by atoms with Gasteiger partial charge in [0.25, 0.3) is 0 Å². The minimum Gasteiger partial charge on any atom is -0.461 e. The highest BCUT2D eigenvalue weighted by molar-refractivity contribution is 5.88. The number of nitrogens with one attached hydrogen (secondary N) is 1. The molecule has 10 nitrogen and oxygen atoms in total. The van der Waals surface area contributed by atoms with Crippen LogP contribution in [0.5, 0.6) is 0 Å². The molecule has 3 heterocycles. The van der Waals surface area contributed by atoms with E-state index in [1.54, 1.807) is 6.92 Å². The maximum atomic E-state index is 12.1. The first-order chi connectivity index (χ1) is 10.7. The van der Waals surface area contributed by atoms with Crippen LogP contribution in [0.4, 0.5) is 5.82 Å². The van der Waals surface area contributed by atoms with Gasteiger partial charge in [0.1, 0.15) is 12.2 Å². The summed E-state index contributed by atoms with van der Waals surface area (Å²) in [5.74, 6) is -0.174. The van der Waals surface area contributed by atoms with Crippen molar-refractivity contribution in [1.82, 2.24) is 25.3 Å². The highest BCUT2D eigenvalue weighted by Crippen LogP contribution is 2.16. The predicted octanol–water partition coefficient (Wildman–Crippen LogP) is -1.41. The molecule has 10 heteroatoms. The highest BCUT2D eigenvalue weighted by atomic mass is 16.6. The fraction of sp³-hybridized carbons (Fsp3) is 0.583. The van der Waals surface area contributed by atoms with Crippen LogP contribution in [0, 0.1) is 0 Å². The largest absolute Gasteiger partial charge is 0.461 e. The average molecular weight is 308 g/mol. The lowest BCUT2D eigenvalue weighted by Gasteiger charge is -2.12. The van der Waals surface area contributed by atoms with Gasteiger partial charge in [-0.3, -0.25) is 0 Å². The van der Waals surface area contributed by atoms with Gasteiger partial charge in [-0.25, -0.2) is 9.42 Å². The average Bonchev–Trinajstić information content (AvgIpc) is 3.21. The Balaban J connectivity index is 1.98. The van der Waals surface area contributed by atoms with Gasteiger partial charge in [0.2, 0.25) is 11.6 Å². The van der Waals surface area contributed by atoms with Crippen molar-refractivity contribution in [3.8, 4) is 5.82 Å². The number of carbonyl (C=O) groups is 1. The summed E-state index contributed by atoms with van der Waals surface area (Å²) < 4.78 is 11.1. The molecule has 1 aliphatic heterocycles. The highest BCUT2D eigenvalue weighted by Gasteiger charge is 2.28. The topological polar surface area (TPSA) is 126 Å². The summed E-state index contributed by atoms with van der Waals surface area (Å²) in [7, 11) is 0. The molecule has 1 fully saturated rings. The molecule has 2 aromatic heterocycles. The predicted molar refractivity (Wildman–Crippen MR) is 73.2 cm³/mol. The fourth-order valence-electron chi connectivity index (χ4n) is 2.61. The van der Waals surface area contributed by atoms with Gasteiger partial charge < -0.3 is 15.4 Å². The number of likely N-dealkylation sites (tertiary alicyclic amines) is 1. The first kappa shape index (κ1) is 14.4. The summed E-state index contributed by atoms with van der Waals surface area (Å²) >= 11 is 0. The van der Waals surface area contributed by atoms with E-state index in [9.17, 15) is 4.79 Å². The normalized spacial score (nSPS) is 15.3. The quantitative estimate of drug-likeness (QED) is 0.645. The number of esters is 1. The van der Waals surface area contributed by atoms with Crippen LogP contribution >= 0.6 is 0 Å². The van der Waals surface area contributed by atoms with Gasteiger partial charge in [-0.2, -0.15) is 4.68 Å². The number of rotatable bonds is 5. The molecule has 1 aliphatic rings. The van der Waals surface area contributed by atoms with Gasteiger partial charge in [-0.05, 0) is 17.2 Å². The van der Waals surface area contributed by atoms with E-state index in [0.29, 0.717) is 12.2 Å². The van der Waals surface area contributed by atoms with E-state index < -0.39 is 5.97 Å². The second-order valence-corrected chi connectivity index (χ2v) is 5.12. The van der Waals surface area contributed by atoms with E-state index in [4.69, 9.17) is 10.5 Å². The van der Waals surface area contributed by atoms with Gasteiger partial charge in [-0.1, -0.05) is 5.21 Å². The van der Waals surface area contributed by atoms with E-state index in [1.165, 1.54) is 22.4 Å². The molecule has 118 valence electrons. The van der Waals surface area contributed by atoms with Crippen LogP contribution in [0.3, 0.4) is 0 Å². The number of anilines is 1. The van der Waals surface area contributed by atoms with E-state index in [0.717, 1.165) is 13.1 Å². The molecule has 1 saturated heterocycles. The van der Waals surface area contributed by atoms with Crippen LogP contribution in [-0.2, 0) is 11.3 Å². The summed E-state index contributed by atoms with van der Waals surface area (Å²) in [6.45, 7) is 4.69. The van der Waals surface area contributed by atoms with E-state index in [-0.39, 0.29) is 23.9 Å². The van der Waals surface area contributed by atoms with Crippen LogP contribution in [0.15, 0.2) is 4.63 Å². The van der Waals surface area contributed by atoms with Crippen LogP contribution in [-0.4, -0.2) is 51.0 Å². The third-order valence-corrected chi connectivity index (χ3v) is 3.66. The Kier molecular flexibility index (Phi) is 4.00. The van der Waals surface area contributed by atoms with Crippen LogP contribution in [0.1, 0.15) is 35.9 Å². The van der Waals surface area contributed by atoms with E-state index in [2.05, 4.69) is 25.3 Å². The van der Waals surface area contributed by atoms with Crippen LogP contribution < -0.4 is 10.6 Å². The lowest BCUT2D eigenvalue weighted by molar-refractivity contribution is -0.901. The van der Waals surface area contributed by atoms with Crippen molar-refractivity contribution in [2.45, 2.75) is 26.3 Å². The second-order valence-electron chi connectivity index (χ2n) is 5.12. The lowest BCUT2D eigenvalue weighted by atomic mass is 10.3. The van der Waals surface area contributed by atoms with Crippen LogP contribution in [0.2, 0.25) is 0 Å². The number of aromatic nitrogens is 5. The molecule has 0 bridgehead atoms. The van der Waals surface area contributed by atoms with E-state index in [1.807, 2.05) is 0 Å². The Hall–Kier alpha value is -2.49. The Morgan fingerprint density at radius 3 is 2.82 bits per heavy atom. The Labute approximate surface area is 126 Å². The molecule has 0 radical (unpaired) electrons. The third kappa shape index (κ3) is 2.64. The zero-order valence-electron chi connectivity index (χ0n) is 12.3. The molecule has 0 atom stereocenters. The van der Waals surface area contributed by atoms with Crippen molar-refractivity contribution in [3.05, 3.63) is 11.4 Å². The molecule has 0 aliphatic carbocycles. The standard InChI is InChI=1S/C12H17N7O3/c1-2-21-12(20)9-8(7-18-5-3-4-6-18)19(17-14-9)11-10(13)15-22-16-11/h2-7H2,1H3,(H2,13,15)/p+1. The van der Waals surface area contributed by atoms with Gasteiger partial charge in [0, 0.05) is 12.8 Å². The number of ether oxygens (including phenoxy) is 1. The first-order valence-corrected chi connectivity index (χ1v) is 7.24. The lowest BCUT2D eigenvalue weighted by Crippen LogP contribution is -3.08. The molecular weight excluding hydrogens is 290 g/mol. The number of nitrogens with two attached hydrogens (primary N) is 1. The molecule has 0 amide bonds. The summed E-state index contributed by atoms with van der Waals surface area (Å²) in [5.41, 5.74) is 6.51. The van der Waals surface area contributed by atoms with Gasteiger partial charge >= 0.3 is 5.97 Å². The Morgan fingerprint density at radius 1 is 1.41 bits per heavy atom. The molecule has 2 aromatic rings. The smallest absolute Gasteiger partial charge is 0.361 e. The fourth-order valence-corrected chi connectivity index (χ4v) is 2.61. The molecular formula is C12H18N7O3+.